The number of aryl methyl sites for hydroxylation is 2. The Labute approximate surface area is 116 Å². The Balaban J connectivity index is 2.04. The summed E-state index contributed by atoms with van der Waals surface area (Å²) in [6.07, 6.45) is 4.03. The second kappa shape index (κ2) is 5.28. The molecular formula is C14H17N3OS. The molecule has 0 saturated carbocycles. The number of hydrogen-bond acceptors (Lipinski definition) is 5. The van der Waals surface area contributed by atoms with E-state index in [1.54, 1.807) is 11.3 Å². The van der Waals surface area contributed by atoms with Crippen molar-refractivity contribution in [1.29, 1.82) is 0 Å². The monoisotopic (exact) mass is 275 g/mol. The molecule has 3 N–H and O–H groups in total. The number of aromatic nitrogens is 1. The molecule has 0 saturated heterocycles. The van der Waals surface area contributed by atoms with E-state index in [0.29, 0.717) is 0 Å². The van der Waals surface area contributed by atoms with E-state index in [1.165, 1.54) is 5.56 Å². The minimum absolute atomic E-state index is 0.0562. The number of benzene rings is 1. The quantitative estimate of drug-likeness (QED) is 0.666. The van der Waals surface area contributed by atoms with Crippen LogP contribution in [0.3, 0.4) is 0 Å². The number of hydrazine groups is 1. The Morgan fingerprint density at radius 1 is 1.47 bits per heavy atom. The second-order valence-corrected chi connectivity index (χ2v) is 5.94. The van der Waals surface area contributed by atoms with Crippen molar-refractivity contribution in [3.8, 4) is 5.75 Å². The Bertz CT molecular complexity index is 582. The maximum absolute atomic E-state index is 5.85. The van der Waals surface area contributed by atoms with Gasteiger partial charge in [-0.05, 0) is 25.3 Å². The van der Waals surface area contributed by atoms with Gasteiger partial charge >= 0.3 is 0 Å². The molecule has 0 fully saturated rings. The van der Waals surface area contributed by atoms with Crippen molar-refractivity contribution in [1.82, 2.24) is 10.4 Å². The van der Waals surface area contributed by atoms with Gasteiger partial charge in [-0.25, -0.2) is 10.4 Å². The molecule has 0 amide bonds. The normalized spacial score (nSPS) is 15.7. The Kier molecular flexibility index (Phi) is 3.50. The van der Waals surface area contributed by atoms with Crippen LogP contribution in [-0.2, 0) is 6.42 Å². The standard InChI is InChI=1S/C14H17N3OS/c1-9-16-8-12(19-9)13(17-15)11-6-2-4-10-5-3-7-18-14(10)11/h2,4,6,8,13,17H,3,5,7,15H2,1H3. The van der Waals surface area contributed by atoms with Crippen molar-refractivity contribution in [3.63, 3.8) is 0 Å². The number of thiazole rings is 1. The Morgan fingerprint density at radius 2 is 2.37 bits per heavy atom. The predicted octanol–water partition coefficient (Wildman–Crippen LogP) is 2.33. The average Bonchev–Trinajstić information content (AvgIpc) is 2.86. The summed E-state index contributed by atoms with van der Waals surface area (Å²) >= 11 is 1.66. The summed E-state index contributed by atoms with van der Waals surface area (Å²) in [5.74, 6) is 6.74. The van der Waals surface area contributed by atoms with Crippen LogP contribution in [0.5, 0.6) is 5.75 Å². The molecule has 0 bridgehead atoms. The van der Waals surface area contributed by atoms with Gasteiger partial charge in [0.05, 0.1) is 17.7 Å². The first-order chi connectivity index (χ1) is 9.29. The zero-order chi connectivity index (χ0) is 13.2. The van der Waals surface area contributed by atoms with E-state index in [-0.39, 0.29) is 6.04 Å². The van der Waals surface area contributed by atoms with Gasteiger partial charge in [-0.3, -0.25) is 5.84 Å². The van der Waals surface area contributed by atoms with Gasteiger partial charge in [0.25, 0.3) is 0 Å². The van der Waals surface area contributed by atoms with Crippen LogP contribution >= 0.6 is 11.3 Å². The van der Waals surface area contributed by atoms with E-state index in [0.717, 1.165) is 40.6 Å². The van der Waals surface area contributed by atoms with Gasteiger partial charge in [-0.1, -0.05) is 18.2 Å². The number of nitrogens with zero attached hydrogens (tertiary/aromatic N) is 1. The topological polar surface area (TPSA) is 60.2 Å². The van der Waals surface area contributed by atoms with Crippen molar-refractivity contribution >= 4 is 11.3 Å². The highest BCUT2D eigenvalue weighted by Gasteiger charge is 2.22. The van der Waals surface area contributed by atoms with Gasteiger partial charge in [0, 0.05) is 16.6 Å². The smallest absolute Gasteiger partial charge is 0.127 e. The van der Waals surface area contributed by atoms with Crippen molar-refractivity contribution in [2.24, 2.45) is 5.84 Å². The molecule has 4 nitrogen and oxygen atoms in total. The van der Waals surface area contributed by atoms with Gasteiger partial charge in [-0.15, -0.1) is 11.3 Å². The van der Waals surface area contributed by atoms with Crippen LogP contribution in [0.15, 0.2) is 24.4 Å². The fourth-order valence-corrected chi connectivity index (χ4v) is 3.34. The van der Waals surface area contributed by atoms with Crippen molar-refractivity contribution < 1.29 is 4.74 Å². The second-order valence-electron chi connectivity index (χ2n) is 4.67. The summed E-state index contributed by atoms with van der Waals surface area (Å²) in [5, 5.41) is 1.04. The number of nitrogens with two attached hydrogens (primary N) is 1. The molecule has 19 heavy (non-hydrogen) atoms. The SMILES string of the molecule is Cc1ncc(C(NN)c2cccc3c2OCCC3)s1. The Hall–Kier alpha value is -1.43. The summed E-state index contributed by atoms with van der Waals surface area (Å²) < 4.78 is 5.85. The van der Waals surface area contributed by atoms with E-state index in [1.807, 2.05) is 13.1 Å². The lowest BCUT2D eigenvalue weighted by atomic mass is 9.98. The molecule has 100 valence electrons. The van der Waals surface area contributed by atoms with Gasteiger partial charge < -0.3 is 4.74 Å². The fourth-order valence-electron chi connectivity index (χ4n) is 2.48. The molecule has 0 aliphatic carbocycles. The first-order valence-corrected chi connectivity index (χ1v) is 7.24. The highest BCUT2D eigenvalue weighted by molar-refractivity contribution is 7.11. The number of nitrogens with one attached hydrogen (secondary N) is 1. The third-order valence-electron chi connectivity index (χ3n) is 3.37. The molecule has 1 aromatic carbocycles. The molecule has 0 radical (unpaired) electrons. The fraction of sp³-hybridized carbons (Fsp3) is 0.357. The minimum atomic E-state index is -0.0562. The van der Waals surface area contributed by atoms with Gasteiger partial charge in [0.2, 0.25) is 0 Å². The zero-order valence-corrected chi connectivity index (χ0v) is 11.7. The van der Waals surface area contributed by atoms with Crippen LogP contribution in [0.1, 0.15) is 33.5 Å². The number of para-hydroxylation sites is 1. The molecule has 0 spiro atoms. The number of fused-ring (bicyclic) bond motifs is 1. The van der Waals surface area contributed by atoms with E-state index in [2.05, 4.69) is 28.6 Å². The summed E-state index contributed by atoms with van der Waals surface area (Å²) in [6.45, 7) is 2.78. The highest BCUT2D eigenvalue weighted by Crippen LogP contribution is 2.36. The first kappa shape index (κ1) is 12.6. The van der Waals surface area contributed by atoms with Crippen LogP contribution in [0.2, 0.25) is 0 Å². The third kappa shape index (κ3) is 2.36. The van der Waals surface area contributed by atoms with Crippen LogP contribution < -0.4 is 16.0 Å². The molecule has 1 aliphatic heterocycles. The predicted molar refractivity (Wildman–Crippen MR) is 76.3 cm³/mol. The van der Waals surface area contributed by atoms with Crippen molar-refractivity contribution in [3.05, 3.63) is 45.4 Å². The van der Waals surface area contributed by atoms with Crippen molar-refractivity contribution in [2.75, 3.05) is 6.61 Å². The molecule has 1 unspecified atom stereocenters. The molecule has 2 heterocycles. The molecule has 5 heteroatoms. The van der Waals surface area contributed by atoms with Crippen LogP contribution in [-0.4, -0.2) is 11.6 Å². The summed E-state index contributed by atoms with van der Waals surface area (Å²) in [6, 6.07) is 6.22. The molecule has 2 aromatic rings. The summed E-state index contributed by atoms with van der Waals surface area (Å²) in [5.41, 5.74) is 5.26. The third-order valence-corrected chi connectivity index (χ3v) is 4.34. The van der Waals surface area contributed by atoms with E-state index < -0.39 is 0 Å². The highest BCUT2D eigenvalue weighted by atomic mass is 32.1. The van der Waals surface area contributed by atoms with Crippen LogP contribution in [0.4, 0.5) is 0 Å². The summed E-state index contributed by atoms with van der Waals surface area (Å²) in [4.78, 5) is 5.42. The lowest BCUT2D eigenvalue weighted by molar-refractivity contribution is 0.283. The number of ether oxygens (including phenoxy) is 1. The first-order valence-electron chi connectivity index (χ1n) is 6.42. The average molecular weight is 275 g/mol. The molecule has 1 aromatic heterocycles. The zero-order valence-electron chi connectivity index (χ0n) is 10.8. The maximum Gasteiger partial charge on any atom is 0.127 e. The largest absolute Gasteiger partial charge is 0.493 e. The van der Waals surface area contributed by atoms with Gasteiger partial charge in [-0.2, -0.15) is 0 Å². The minimum Gasteiger partial charge on any atom is -0.493 e. The lowest BCUT2D eigenvalue weighted by Crippen LogP contribution is -2.29. The van der Waals surface area contributed by atoms with E-state index in [9.17, 15) is 0 Å². The summed E-state index contributed by atoms with van der Waals surface area (Å²) in [7, 11) is 0. The Morgan fingerprint density at radius 3 is 3.11 bits per heavy atom. The van der Waals surface area contributed by atoms with Crippen LogP contribution in [0.25, 0.3) is 0 Å². The van der Waals surface area contributed by atoms with Crippen LogP contribution in [0, 0.1) is 6.92 Å². The lowest BCUT2D eigenvalue weighted by Gasteiger charge is -2.24. The van der Waals surface area contributed by atoms with Crippen molar-refractivity contribution in [2.45, 2.75) is 25.8 Å². The van der Waals surface area contributed by atoms with Gasteiger partial charge in [0.1, 0.15) is 5.75 Å². The van der Waals surface area contributed by atoms with E-state index in [4.69, 9.17) is 10.6 Å². The molecular weight excluding hydrogens is 258 g/mol. The van der Waals surface area contributed by atoms with Gasteiger partial charge in [0.15, 0.2) is 0 Å². The maximum atomic E-state index is 5.85. The molecule has 1 atom stereocenters. The molecule has 3 rings (SSSR count). The number of hydrogen-bond donors (Lipinski definition) is 2. The molecule has 1 aliphatic rings. The van der Waals surface area contributed by atoms with E-state index >= 15 is 0 Å². The number of rotatable bonds is 3.